The molecule has 3 aromatic rings. The highest BCUT2D eigenvalue weighted by atomic mass is 35.5. The van der Waals surface area contributed by atoms with E-state index in [1.54, 1.807) is 11.0 Å². The van der Waals surface area contributed by atoms with E-state index in [1.807, 2.05) is 43.0 Å². The fourth-order valence-electron chi connectivity index (χ4n) is 3.80. The van der Waals surface area contributed by atoms with E-state index in [2.05, 4.69) is 15.3 Å². The van der Waals surface area contributed by atoms with Gasteiger partial charge in [-0.25, -0.2) is 14.4 Å². The molecule has 182 valence electrons. The molecule has 35 heavy (non-hydrogen) atoms. The van der Waals surface area contributed by atoms with E-state index in [4.69, 9.17) is 11.6 Å². The lowest BCUT2D eigenvalue weighted by Gasteiger charge is -2.40. The van der Waals surface area contributed by atoms with Crippen molar-refractivity contribution < 1.29 is 14.0 Å². The predicted molar refractivity (Wildman–Crippen MR) is 137 cm³/mol. The first-order valence-electron chi connectivity index (χ1n) is 11.1. The number of rotatable bonds is 6. The van der Waals surface area contributed by atoms with Crippen LogP contribution in [0, 0.1) is 12.7 Å². The summed E-state index contributed by atoms with van der Waals surface area (Å²) in [5.41, 5.74) is 2.31. The molecule has 1 aliphatic heterocycles. The van der Waals surface area contributed by atoms with Crippen LogP contribution in [0.5, 0.6) is 0 Å². The van der Waals surface area contributed by atoms with Gasteiger partial charge in [-0.1, -0.05) is 41.1 Å². The predicted octanol–water partition coefficient (Wildman–Crippen LogP) is 4.66. The molecule has 0 spiro atoms. The molecule has 1 N–H and O–H groups in total. The average molecular weight is 514 g/mol. The van der Waals surface area contributed by atoms with E-state index in [9.17, 15) is 14.0 Å². The van der Waals surface area contributed by atoms with E-state index in [0.717, 1.165) is 11.3 Å². The van der Waals surface area contributed by atoms with Crippen LogP contribution in [0.15, 0.2) is 59.8 Å². The maximum absolute atomic E-state index is 13.2. The number of nitrogens with zero attached hydrogens (tertiary/aromatic N) is 4. The minimum atomic E-state index is -0.374. The third kappa shape index (κ3) is 6.49. The lowest BCUT2D eigenvalue weighted by Crippen LogP contribution is -2.54. The van der Waals surface area contributed by atoms with Crippen molar-refractivity contribution in [3.05, 3.63) is 76.7 Å². The highest BCUT2D eigenvalue weighted by molar-refractivity contribution is 7.99. The molecule has 1 fully saturated rings. The van der Waals surface area contributed by atoms with Crippen LogP contribution in [0.1, 0.15) is 22.8 Å². The monoisotopic (exact) mass is 513 g/mol. The molecule has 1 aromatic heterocycles. The van der Waals surface area contributed by atoms with Crippen molar-refractivity contribution in [2.24, 2.45) is 0 Å². The lowest BCUT2D eigenvalue weighted by atomic mass is 10.1. The van der Waals surface area contributed by atoms with E-state index in [0.29, 0.717) is 36.2 Å². The number of halogens is 2. The molecule has 2 aromatic carbocycles. The molecule has 1 aliphatic rings. The van der Waals surface area contributed by atoms with Gasteiger partial charge in [-0.2, -0.15) is 0 Å². The number of aromatic nitrogens is 2. The minimum Gasteiger partial charge on any atom is -0.353 e. The number of anilines is 2. The molecule has 2 amide bonds. The van der Waals surface area contributed by atoms with Crippen LogP contribution < -0.4 is 10.2 Å². The molecule has 0 radical (unpaired) electrons. The highest BCUT2D eigenvalue weighted by Crippen LogP contribution is 2.25. The highest BCUT2D eigenvalue weighted by Gasteiger charge is 2.29. The van der Waals surface area contributed by atoms with Gasteiger partial charge in [-0.15, -0.1) is 0 Å². The van der Waals surface area contributed by atoms with Crippen molar-refractivity contribution >= 4 is 46.7 Å². The van der Waals surface area contributed by atoms with Crippen molar-refractivity contribution in [3.8, 4) is 0 Å². The van der Waals surface area contributed by atoms with Gasteiger partial charge in [0.15, 0.2) is 5.16 Å². The van der Waals surface area contributed by atoms with Gasteiger partial charge >= 0.3 is 0 Å². The summed E-state index contributed by atoms with van der Waals surface area (Å²) in [6.07, 6.45) is 0. The Morgan fingerprint density at radius 1 is 1.11 bits per heavy atom. The van der Waals surface area contributed by atoms with Crippen LogP contribution in [-0.2, 0) is 4.79 Å². The van der Waals surface area contributed by atoms with Gasteiger partial charge in [0, 0.05) is 43.0 Å². The number of piperazine rings is 1. The molecular weight excluding hydrogens is 489 g/mol. The Labute approximate surface area is 212 Å². The van der Waals surface area contributed by atoms with Crippen molar-refractivity contribution in [3.63, 3.8) is 0 Å². The lowest BCUT2D eigenvalue weighted by molar-refractivity contribution is -0.113. The Balaban J connectivity index is 1.36. The number of hydrogen-bond donors (Lipinski definition) is 1. The third-order valence-corrected chi connectivity index (χ3v) is 6.67. The zero-order chi connectivity index (χ0) is 24.9. The number of benzene rings is 2. The van der Waals surface area contributed by atoms with Crippen molar-refractivity contribution in [2.45, 2.75) is 25.0 Å². The first kappa shape index (κ1) is 24.9. The normalized spacial score (nSPS) is 15.7. The largest absolute Gasteiger partial charge is 0.353 e. The average Bonchev–Trinajstić information content (AvgIpc) is 2.84. The van der Waals surface area contributed by atoms with Crippen LogP contribution in [0.3, 0.4) is 0 Å². The minimum absolute atomic E-state index is 0.0913. The summed E-state index contributed by atoms with van der Waals surface area (Å²) >= 11 is 7.46. The zero-order valence-electron chi connectivity index (χ0n) is 19.4. The molecule has 1 saturated heterocycles. The maximum Gasteiger partial charge on any atom is 0.254 e. The first-order chi connectivity index (χ1) is 16.8. The SMILES string of the molecule is Cc1ccc(NC(=O)CSc2nc(Cl)cc(N3CCN(C(=O)c4ccc(F)cc4)C(C)C3)n2)cc1. The number of carbonyl (C=O) groups is 2. The Kier molecular flexibility index (Phi) is 7.87. The van der Waals surface area contributed by atoms with Gasteiger partial charge in [0.05, 0.1) is 5.75 Å². The smallest absolute Gasteiger partial charge is 0.254 e. The molecular formula is C25H25ClFN5O2S. The summed E-state index contributed by atoms with van der Waals surface area (Å²) in [5.74, 6) is 0.122. The number of amides is 2. The second-order valence-corrected chi connectivity index (χ2v) is 9.66. The van der Waals surface area contributed by atoms with Crippen LogP contribution in [0.2, 0.25) is 5.15 Å². The van der Waals surface area contributed by atoms with E-state index < -0.39 is 0 Å². The molecule has 0 saturated carbocycles. The molecule has 1 atom stereocenters. The quantitative estimate of drug-likeness (QED) is 0.293. The Bertz CT molecular complexity index is 1210. The summed E-state index contributed by atoms with van der Waals surface area (Å²) in [4.78, 5) is 37.9. The molecule has 4 rings (SSSR count). The van der Waals surface area contributed by atoms with Crippen LogP contribution >= 0.6 is 23.4 Å². The number of hydrogen-bond acceptors (Lipinski definition) is 6. The van der Waals surface area contributed by atoms with E-state index >= 15 is 0 Å². The second kappa shape index (κ2) is 11.0. The van der Waals surface area contributed by atoms with Crippen molar-refractivity contribution in [1.82, 2.24) is 14.9 Å². The summed E-state index contributed by atoms with van der Waals surface area (Å²) in [6, 6.07) is 14.7. The number of nitrogens with one attached hydrogen (secondary N) is 1. The standard InChI is InChI=1S/C25H25ClFN5O2S/c1-16-3-9-20(10-4-16)28-23(33)15-35-25-29-21(26)13-22(30-25)31-11-12-32(17(2)14-31)24(34)18-5-7-19(27)8-6-18/h3-10,13,17H,11-12,14-15H2,1-2H3,(H,28,33). The van der Waals surface area contributed by atoms with Crippen LogP contribution in [-0.4, -0.2) is 58.1 Å². The van der Waals surface area contributed by atoms with Crippen molar-refractivity contribution in [1.29, 1.82) is 0 Å². The van der Waals surface area contributed by atoms with Gasteiger partial charge < -0.3 is 15.1 Å². The number of carbonyl (C=O) groups excluding carboxylic acids is 2. The summed E-state index contributed by atoms with van der Waals surface area (Å²) in [6.45, 7) is 5.54. The first-order valence-corrected chi connectivity index (χ1v) is 12.5. The third-order valence-electron chi connectivity index (χ3n) is 5.63. The second-order valence-electron chi connectivity index (χ2n) is 8.33. The van der Waals surface area contributed by atoms with Gasteiger partial charge in [0.1, 0.15) is 16.8 Å². The molecule has 7 nitrogen and oxygen atoms in total. The van der Waals surface area contributed by atoms with Crippen molar-refractivity contribution in [2.75, 3.05) is 35.6 Å². The Morgan fingerprint density at radius 2 is 1.83 bits per heavy atom. The van der Waals surface area contributed by atoms with Crippen LogP contribution in [0.4, 0.5) is 15.9 Å². The molecule has 1 unspecified atom stereocenters. The maximum atomic E-state index is 13.2. The van der Waals surface area contributed by atoms with E-state index in [1.165, 1.54) is 36.0 Å². The topological polar surface area (TPSA) is 78.4 Å². The van der Waals surface area contributed by atoms with Crippen LogP contribution in [0.25, 0.3) is 0 Å². The summed E-state index contributed by atoms with van der Waals surface area (Å²) in [5, 5.41) is 3.55. The fraction of sp³-hybridized carbons (Fsp3) is 0.280. The zero-order valence-corrected chi connectivity index (χ0v) is 20.9. The summed E-state index contributed by atoms with van der Waals surface area (Å²) in [7, 11) is 0. The summed E-state index contributed by atoms with van der Waals surface area (Å²) < 4.78 is 13.2. The van der Waals surface area contributed by atoms with Gasteiger partial charge in [-0.3, -0.25) is 9.59 Å². The molecule has 0 aliphatic carbocycles. The number of thioether (sulfide) groups is 1. The van der Waals surface area contributed by atoms with E-state index in [-0.39, 0.29) is 34.6 Å². The Morgan fingerprint density at radius 3 is 2.51 bits per heavy atom. The van der Waals surface area contributed by atoms with Gasteiger partial charge in [0.2, 0.25) is 5.91 Å². The number of aryl methyl sites for hydroxylation is 1. The molecule has 2 heterocycles. The van der Waals surface area contributed by atoms with Gasteiger partial charge in [-0.05, 0) is 50.2 Å². The fourth-order valence-corrected chi connectivity index (χ4v) is 4.68. The molecule has 10 heteroatoms. The van der Waals surface area contributed by atoms with Gasteiger partial charge in [0.25, 0.3) is 5.91 Å². The Hall–Kier alpha value is -3.17. The molecule has 0 bridgehead atoms.